The fourth-order valence-corrected chi connectivity index (χ4v) is 1.96. The molecule has 0 aliphatic heterocycles. The van der Waals surface area contributed by atoms with Crippen molar-refractivity contribution in [3.63, 3.8) is 0 Å². The maximum Gasteiger partial charge on any atom is 0.223 e. The number of aliphatic hydroxyl groups is 1. The molecule has 0 aliphatic rings. The molecule has 4 nitrogen and oxygen atoms in total. The summed E-state index contributed by atoms with van der Waals surface area (Å²) in [4.78, 5) is 11.8. The van der Waals surface area contributed by atoms with Crippen LogP contribution in [-0.2, 0) is 4.79 Å². The van der Waals surface area contributed by atoms with Gasteiger partial charge in [-0.3, -0.25) is 4.79 Å². The molecule has 0 saturated heterocycles. The molecular formula is C16H25NO3. The number of hydrogen-bond acceptors (Lipinski definition) is 3. The number of para-hydroxylation sites is 1. The van der Waals surface area contributed by atoms with Gasteiger partial charge in [0.15, 0.2) is 0 Å². The minimum absolute atomic E-state index is 0.0194. The first-order valence-corrected chi connectivity index (χ1v) is 7.13. The molecule has 0 aromatic heterocycles. The summed E-state index contributed by atoms with van der Waals surface area (Å²) in [6.45, 7) is 6.49. The molecule has 1 rings (SSSR count). The minimum Gasteiger partial charge on any atom is -0.493 e. The lowest BCUT2D eigenvalue weighted by Gasteiger charge is -2.21. The van der Waals surface area contributed by atoms with E-state index in [9.17, 15) is 4.79 Å². The predicted octanol–water partition coefficient (Wildman–Crippen LogP) is 2.29. The van der Waals surface area contributed by atoms with E-state index in [1.807, 2.05) is 45.0 Å². The van der Waals surface area contributed by atoms with Crippen LogP contribution in [0.4, 0.5) is 0 Å². The Labute approximate surface area is 121 Å². The Balaban J connectivity index is 2.34. The van der Waals surface area contributed by atoms with Crippen molar-refractivity contribution in [1.82, 2.24) is 5.32 Å². The number of aliphatic hydroxyl groups excluding tert-OH is 1. The molecule has 20 heavy (non-hydrogen) atoms. The van der Waals surface area contributed by atoms with E-state index in [-0.39, 0.29) is 18.6 Å². The van der Waals surface area contributed by atoms with E-state index in [0.717, 1.165) is 11.3 Å². The van der Waals surface area contributed by atoms with Gasteiger partial charge in [0.1, 0.15) is 5.75 Å². The lowest BCUT2D eigenvalue weighted by molar-refractivity contribution is -0.122. The summed E-state index contributed by atoms with van der Waals surface area (Å²) in [5.41, 5.74) is 1.06. The maximum atomic E-state index is 11.8. The monoisotopic (exact) mass is 279 g/mol. The van der Waals surface area contributed by atoms with E-state index in [1.54, 1.807) is 0 Å². The summed E-state index contributed by atoms with van der Waals surface area (Å²) in [6.07, 6.45) is 0.908. The highest BCUT2D eigenvalue weighted by Gasteiger charge is 2.15. The number of amides is 1. The van der Waals surface area contributed by atoms with E-state index in [1.165, 1.54) is 0 Å². The van der Waals surface area contributed by atoms with Crippen LogP contribution in [0.25, 0.3) is 0 Å². The van der Waals surface area contributed by atoms with Gasteiger partial charge < -0.3 is 15.2 Å². The van der Waals surface area contributed by atoms with Crippen LogP contribution >= 0.6 is 0 Å². The average Bonchev–Trinajstić information content (AvgIpc) is 2.40. The summed E-state index contributed by atoms with van der Waals surface area (Å²) in [5, 5.41) is 11.9. The van der Waals surface area contributed by atoms with Crippen LogP contribution in [0, 0.1) is 12.8 Å². The molecule has 0 spiro atoms. The van der Waals surface area contributed by atoms with E-state index >= 15 is 0 Å². The van der Waals surface area contributed by atoms with Gasteiger partial charge in [-0.15, -0.1) is 0 Å². The average molecular weight is 279 g/mol. The number of ether oxygens (including phenoxy) is 1. The fourth-order valence-electron chi connectivity index (χ4n) is 1.96. The molecule has 0 saturated carbocycles. The summed E-state index contributed by atoms with van der Waals surface area (Å²) in [6, 6.07) is 7.77. The van der Waals surface area contributed by atoms with Crippen LogP contribution < -0.4 is 10.1 Å². The van der Waals surface area contributed by atoms with Crippen molar-refractivity contribution in [2.45, 2.75) is 39.7 Å². The molecule has 0 radical (unpaired) electrons. The maximum absolute atomic E-state index is 11.8. The van der Waals surface area contributed by atoms with Gasteiger partial charge in [0.2, 0.25) is 5.91 Å². The number of aryl methyl sites for hydroxylation is 1. The Bertz CT molecular complexity index is 418. The van der Waals surface area contributed by atoms with Crippen LogP contribution in [0.1, 0.15) is 32.3 Å². The molecule has 4 heteroatoms. The van der Waals surface area contributed by atoms with Gasteiger partial charge in [0, 0.05) is 12.6 Å². The summed E-state index contributed by atoms with van der Waals surface area (Å²) in [7, 11) is 0. The minimum atomic E-state index is -0.0364. The third-order valence-corrected chi connectivity index (χ3v) is 3.27. The van der Waals surface area contributed by atoms with Crippen LogP contribution in [-0.4, -0.2) is 30.3 Å². The zero-order valence-electron chi connectivity index (χ0n) is 12.6. The third kappa shape index (κ3) is 5.61. The van der Waals surface area contributed by atoms with E-state index in [0.29, 0.717) is 25.4 Å². The number of rotatable bonds is 8. The summed E-state index contributed by atoms with van der Waals surface area (Å²) in [5.74, 6) is 1.09. The highest BCUT2D eigenvalue weighted by Crippen LogP contribution is 2.16. The number of carbonyl (C=O) groups is 1. The number of nitrogens with one attached hydrogen (secondary N) is 1. The first-order valence-electron chi connectivity index (χ1n) is 7.13. The summed E-state index contributed by atoms with van der Waals surface area (Å²) < 4.78 is 5.60. The molecule has 1 unspecified atom stereocenters. The largest absolute Gasteiger partial charge is 0.493 e. The van der Waals surface area contributed by atoms with Crippen LogP contribution in [0.15, 0.2) is 24.3 Å². The van der Waals surface area contributed by atoms with Gasteiger partial charge in [-0.25, -0.2) is 0 Å². The van der Waals surface area contributed by atoms with Crippen molar-refractivity contribution in [2.24, 2.45) is 5.92 Å². The number of carbonyl (C=O) groups excluding carboxylic acids is 1. The van der Waals surface area contributed by atoms with Gasteiger partial charge in [0.05, 0.1) is 13.0 Å². The second-order valence-corrected chi connectivity index (χ2v) is 5.29. The van der Waals surface area contributed by atoms with Crippen molar-refractivity contribution in [1.29, 1.82) is 0 Å². The normalized spacial score (nSPS) is 12.2. The molecule has 1 aromatic rings. The van der Waals surface area contributed by atoms with Gasteiger partial charge in [-0.1, -0.05) is 32.0 Å². The molecule has 0 fully saturated rings. The van der Waals surface area contributed by atoms with Gasteiger partial charge in [0.25, 0.3) is 0 Å². The zero-order valence-corrected chi connectivity index (χ0v) is 12.6. The van der Waals surface area contributed by atoms with Gasteiger partial charge >= 0.3 is 0 Å². The highest BCUT2D eigenvalue weighted by atomic mass is 16.5. The van der Waals surface area contributed by atoms with Crippen molar-refractivity contribution in [2.75, 3.05) is 13.2 Å². The number of hydrogen-bond donors (Lipinski definition) is 2. The highest BCUT2D eigenvalue weighted by molar-refractivity contribution is 5.76. The number of benzene rings is 1. The molecule has 1 atom stereocenters. The predicted molar refractivity (Wildman–Crippen MR) is 79.8 cm³/mol. The molecular weight excluding hydrogens is 254 g/mol. The molecule has 1 amide bonds. The molecule has 0 heterocycles. The van der Waals surface area contributed by atoms with Crippen LogP contribution in [0.3, 0.4) is 0 Å². The smallest absolute Gasteiger partial charge is 0.223 e. The Morgan fingerprint density at radius 2 is 2.05 bits per heavy atom. The first kappa shape index (κ1) is 16.5. The van der Waals surface area contributed by atoms with E-state index in [4.69, 9.17) is 9.84 Å². The molecule has 112 valence electrons. The zero-order chi connectivity index (χ0) is 15.0. The van der Waals surface area contributed by atoms with Crippen LogP contribution in [0.2, 0.25) is 0 Å². The van der Waals surface area contributed by atoms with Crippen molar-refractivity contribution in [3.8, 4) is 5.75 Å². The Hall–Kier alpha value is -1.55. The molecule has 0 bridgehead atoms. The first-order chi connectivity index (χ1) is 9.54. The Morgan fingerprint density at radius 3 is 2.65 bits per heavy atom. The van der Waals surface area contributed by atoms with Crippen LogP contribution in [0.5, 0.6) is 5.75 Å². The van der Waals surface area contributed by atoms with Crippen molar-refractivity contribution >= 4 is 5.91 Å². The summed E-state index contributed by atoms with van der Waals surface area (Å²) >= 11 is 0. The quantitative estimate of drug-likeness (QED) is 0.767. The third-order valence-electron chi connectivity index (χ3n) is 3.27. The van der Waals surface area contributed by atoms with E-state index < -0.39 is 0 Å². The second-order valence-electron chi connectivity index (χ2n) is 5.29. The van der Waals surface area contributed by atoms with Gasteiger partial charge in [-0.2, -0.15) is 0 Å². The topological polar surface area (TPSA) is 58.6 Å². The SMILES string of the molecule is Cc1ccccc1OCCC(=O)NC(CCO)C(C)C. The standard InChI is InChI=1S/C16H25NO3/c1-12(2)14(8-10-18)17-16(19)9-11-20-15-7-5-4-6-13(15)3/h4-7,12,14,18H,8-11H2,1-3H3,(H,17,19). The van der Waals surface area contributed by atoms with E-state index in [2.05, 4.69) is 5.32 Å². The van der Waals surface area contributed by atoms with Crippen molar-refractivity contribution in [3.05, 3.63) is 29.8 Å². The fraction of sp³-hybridized carbons (Fsp3) is 0.562. The molecule has 0 aliphatic carbocycles. The van der Waals surface area contributed by atoms with Gasteiger partial charge in [-0.05, 0) is 30.9 Å². The van der Waals surface area contributed by atoms with Crippen molar-refractivity contribution < 1.29 is 14.6 Å². The molecule has 2 N–H and O–H groups in total. The Kier molecular flexibility index (Phi) is 7.09. The lowest BCUT2D eigenvalue weighted by Crippen LogP contribution is -2.39. The Morgan fingerprint density at radius 1 is 1.35 bits per heavy atom. The lowest BCUT2D eigenvalue weighted by atomic mass is 10.0. The molecule has 1 aromatic carbocycles. The second kappa shape index (κ2) is 8.59.